The van der Waals surface area contributed by atoms with Crippen molar-refractivity contribution in [2.24, 2.45) is 0 Å². The van der Waals surface area contributed by atoms with Crippen LogP contribution in [0.4, 0.5) is 0 Å². The Hall–Kier alpha value is -1.05. The Labute approximate surface area is 117 Å². The van der Waals surface area contributed by atoms with E-state index in [0.717, 1.165) is 27.3 Å². The molecule has 0 bridgehead atoms. The van der Waals surface area contributed by atoms with E-state index in [0.29, 0.717) is 5.56 Å². The zero-order valence-electron chi connectivity index (χ0n) is 9.03. The number of fused-ring (bicyclic) bond motifs is 1. The number of benzene rings is 1. The van der Waals surface area contributed by atoms with Crippen LogP contribution in [0.2, 0.25) is 0 Å². The van der Waals surface area contributed by atoms with E-state index < -0.39 is 0 Å². The van der Waals surface area contributed by atoms with E-state index in [1.807, 2.05) is 24.4 Å². The van der Waals surface area contributed by atoms with Crippen LogP contribution in [0.25, 0.3) is 10.9 Å². The van der Waals surface area contributed by atoms with E-state index in [1.165, 1.54) is 0 Å². The van der Waals surface area contributed by atoms with Crippen molar-refractivity contribution in [2.45, 2.75) is 6.54 Å². The van der Waals surface area contributed by atoms with Gasteiger partial charge < -0.3 is 4.57 Å². The summed E-state index contributed by atoms with van der Waals surface area (Å²) >= 11 is 6.88. The Morgan fingerprint density at radius 3 is 2.88 bits per heavy atom. The number of hydrogen-bond donors (Lipinski definition) is 0. The molecule has 4 heteroatoms. The van der Waals surface area contributed by atoms with Gasteiger partial charge in [0.1, 0.15) is 0 Å². The molecular formula is C13H10Br2N2. The Kier molecular flexibility index (Phi) is 4.03. The molecule has 2 nitrogen and oxygen atoms in total. The summed E-state index contributed by atoms with van der Waals surface area (Å²) in [5.74, 6) is 0. The molecule has 2 aromatic rings. The van der Waals surface area contributed by atoms with Crippen molar-refractivity contribution in [1.29, 1.82) is 5.26 Å². The number of aromatic nitrogens is 1. The fraction of sp³-hybridized carbons (Fsp3) is 0.154. The van der Waals surface area contributed by atoms with Crippen molar-refractivity contribution in [3.8, 4) is 6.07 Å². The SMILES string of the molecule is N#Cc1ccc2c(c1)c(Br)cn2CC=CCBr. The van der Waals surface area contributed by atoms with E-state index in [1.54, 1.807) is 0 Å². The highest BCUT2D eigenvalue weighted by Crippen LogP contribution is 2.27. The van der Waals surface area contributed by atoms with Gasteiger partial charge in [-0.1, -0.05) is 28.1 Å². The van der Waals surface area contributed by atoms with E-state index in [4.69, 9.17) is 5.26 Å². The molecule has 0 fully saturated rings. The number of hydrogen-bond acceptors (Lipinski definition) is 1. The second-order valence-electron chi connectivity index (χ2n) is 3.60. The molecule has 0 aliphatic rings. The smallest absolute Gasteiger partial charge is 0.0991 e. The summed E-state index contributed by atoms with van der Waals surface area (Å²) in [4.78, 5) is 0. The van der Waals surface area contributed by atoms with Crippen LogP contribution in [0.15, 0.2) is 41.0 Å². The van der Waals surface area contributed by atoms with Crippen LogP contribution >= 0.6 is 31.9 Å². The molecule has 0 radical (unpaired) electrons. The van der Waals surface area contributed by atoms with E-state index in [2.05, 4.69) is 54.6 Å². The lowest BCUT2D eigenvalue weighted by Crippen LogP contribution is -1.92. The van der Waals surface area contributed by atoms with Gasteiger partial charge >= 0.3 is 0 Å². The first-order chi connectivity index (χ1) is 8.26. The zero-order valence-corrected chi connectivity index (χ0v) is 12.2. The lowest BCUT2D eigenvalue weighted by atomic mass is 10.2. The highest BCUT2D eigenvalue weighted by molar-refractivity contribution is 9.10. The summed E-state index contributed by atoms with van der Waals surface area (Å²) in [6.45, 7) is 0.833. The van der Waals surface area contributed by atoms with Gasteiger partial charge in [0.2, 0.25) is 0 Å². The van der Waals surface area contributed by atoms with Crippen LogP contribution in [-0.4, -0.2) is 9.90 Å². The molecule has 17 heavy (non-hydrogen) atoms. The minimum atomic E-state index is 0.687. The van der Waals surface area contributed by atoms with E-state index in [9.17, 15) is 0 Å². The summed E-state index contributed by atoms with van der Waals surface area (Å²) in [5, 5.41) is 10.8. The lowest BCUT2D eigenvalue weighted by molar-refractivity contribution is 0.861. The highest BCUT2D eigenvalue weighted by Gasteiger charge is 2.06. The highest BCUT2D eigenvalue weighted by atomic mass is 79.9. The molecule has 86 valence electrons. The van der Waals surface area contributed by atoms with E-state index in [-0.39, 0.29) is 0 Å². The number of nitriles is 1. The van der Waals surface area contributed by atoms with Crippen LogP contribution in [0.5, 0.6) is 0 Å². The molecule has 1 aromatic carbocycles. The van der Waals surface area contributed by atoms with Gasteiger partial charge in [-0.05, 0) is 34.1 Å². The molecule has 0 aliphatic heterocycles. The fourth-order valence-corrected chi connectivity index (χ4v) is 2.55. The molecular weight excluding hydrogens is 344 g/mol. The first-order valence-corrected chi connectivity index (χ1v) is 7.07. The second-order valence-corrected chi connectivity index (χ2v) is 5.10. The number of rotatable bonds is 3. The zero-order chi connectivity index (χ0) is 12.3. The topological polar surface area (TPSA) is 28.7 Å². The Morgan fingerprint density at radius 2 is 2.18 bits per heavy atom. The van der Waals surface area contributed by atoms with Crippen molar-refractivity contribution in [1.82, 2.24) is 4.57 Å². The number of allylic oxidation sites excluding steroid dienone is 2. The average molecular weight is 354 g/mol. The van der Waals surface area contributed by atoms with Gasteiger partial charge in [0, 0.05) is 33.4 Å². The molecule has 0 saturated carbocycles. The molecule has 1 heterocycles. The Balaban J connectivity index is 2.46. The van der Waals surface area contributed by atoms with Gasteiger partial charge in [-0.25, -0.2) is 0 Å². The predicted octanol–water partition coefficient (Wildman–Crippen LogP) is 4.23. The second kappa shape index (κ2) is 5.52. The number of nitrogens with zero attached hydrogens (tertiary/aromatic N) is 2. The summed E-state index contributed by atoms with van der Waals surface area (Å²) in [6.07, 6.45) is 6.23. The van der Waals surface area contributed by atoms with Crippen molar-refractivity contribution >= 4 is 42.8 Å². The van der Waals surface area contributed by atoms with Gasteiger partial charge in [-0.2, -0.15) is 5.26 Å². The molecule has 2 rings (SSSR count). The molecule has 1 aromatic heterocycles. The van der Waals surface area contributed by atoms with Gasteiger partial charge in [0.05, 0.1) is 11.6 Å². The van der Waals surface area contributed by atoms with Crippen LogP contribution in [0.3, 0.4) is 0 Å². The Bertz CT molecular complexity index is 606. The maximum atomic E-state index is 8.88. The first kappa shape index (κ1) is 12.4. The fourth-order valence-electron chi connectivity index (χ4n) is 1.73. The lowest BCUT2D eigenvalue weighted by Gasteiger charge is -2.00. The Morgan fingerprint density at radius 1 is 1.35 bits per heavy atom. The van der Waals surface area contributed by atoms with Crippen LogP contribution in [0.1, 0.15) is 5.56 Å². The third kappa shape index (κ3) is 2.62. The van der Waals surface area contributed by atoms with Gasteiger partial charge in [-0.15, -0.1) is 0 Å². The molecule has 0 saturated heterocycles. The maximum absolute atomic E-state index is 8.88. The third-order valence-electron chi connectivity index (χ3n) is 2.52. The van der Waals surface area contributed by atoms with Crippen molar-refractivity contribution < 1.29 is 0 Å². The van der Waals surface area contributed by atoms with Crippen LogP contribution in [0, 0.1) is 11.3 Å². The minimum Gasteiger partial charge on any atom is -0.342 e. The summed E-state index contributed by atoms with van der Waals surface area (Å²) in [7, 11) is 0. The molecule has 0 unspecified atom stereocenters. The van der Waals surface area contributed by atoms with Crippen LogP contribution in [-0.2, 0) is 6.54 Å². The summed E-state index contributed by atoms with van der Waals surface area (Å²) in [5.41, 5.74) is 1.82. The molecule has 0 N–H and O–H groups in total. The minimum absolute atomic E-state index is 0.687. The molecule has 0 amide bonds. The first-order valence-electron chi connectivity index (χ1n) is 5.15. The third-order valence-corrected chi connectivity index (χ3v) is 3.53. The van der Waals surface area contributed by atoms with E-state index >= 15 is 0 Å². The monoisotopic (exact) mass is 352 g/mol. The summed E-state index contributed by atoms with van der Waals surface area (Å²) < 4.78 is 3.18. The van der Waals surface area contributed by atoms with Crippen molar-refractivity contribution in [3.05, 3.63) is 46.6 Å². The largest absolute Gasteiger partial charge is 0.342 e. The maximum Gasteiger partial charge on any atom is 0.0991 e. The molecule has 0 aliphatic carbocycles. The average Bonchev–Trinajstić information content (AvgIpc) is 2.66. The van der Waals surface area contributed by atoms with Crippen molar-refractivity contribution in [2.75, 3.05) is 5.33 Å². The standard InChI is InChI=1S/C13H10Br2N2/c14-5-1-2-6-17-9-12(15)11-7-10(8-16)3-4-13(11)17/h1-4,7,9H,5-6H2. The molecule has 0 spiro atoms. The number of halogens is 2. The van der Waals surface area contributed by atoms with Crippen molar-refractivity contribution in [3.63, 3.8) is 0 Å². The quantitative estimate of drug-likeness (QED) is 0.599. The molecule has 0 atom stereocenters. The van der Waals surface area contributed by atoms with Gasteiger partial charge in [0.25, 0.3) is 0 Å². The number of alkyl halides is 1. The predicted molar refractivity (Wildman–Crippen MR) is 77.3 cm³/mol. The normalized spacial score (nSPS) is 11.1. The summed E-state index contributed by atoms with van der Waals surface area (Å²) in [6, 6.07) is 7.90. The van der Waals surface area contributed by atoms with Gasteiger partial charge in [0.15, 0.2) is 0 Å². The van der Waals surface area contributed by atoms with Gasteiger partial charge in [-0.3, -0.25) is 0 Å². The van der Waals surface area contributed by atoms with Crippen LogP contribution < -0.4 is 0 Å².